The fourth-order valence-corrected chi connectivity index (χ4v) is 2.27. The van der Waals surface area contributed by atoms with E-state index in [-0.39, 0.29) is 5.41 Å². The van der Waals surface area contributed by atoms with Gasteiger partial charge in [0.25, 0.3) is 0 Å². The number of hydrogen-bond acceptors (Lipinski definition) is 1. The minimum atomic E-state index is -0.913. The van der Waals surface area contributed by atoms with Crippen LogP contribution >= 0.6 is 0 Å². The SMILES string of the molecule is CC[C@@]1(F)CCCN(CC(C)(C)C)C1. The van der Waals surface area contributed by atoms with Gasteiger partial charge in [0.05, 0.1) is 0 Å². The second-order valence-corrected chi connectivity index (χ2v) is 5.88. The van der Waals surface area contributed by atoms with Crippen LogP contribution in [0, 0.1) is 5.41 Å². The Hall–Kier alpha value is -0.110. The Labute approximate surface area is 87.7 Å². The summed E-state index contributed by atoms with van der Waals surface area (Å²) >= 11 is 0. The molecular formula is C12H24FN. The summed E-state index contributed by atoms with van der Waals surface area (Å²) in [6.07, 6.45) is 2.43. The van der Waals surface area contributed by atoms with Crippen LogP contribution in [0.3, 0.4) is 0 Å². The highest BCUT2D eigenvalue weighted by Crippen LogP contribution is 2.30. The van der Waals surface area contributed by atoms with E-state index in [0.29, 0.717) is 13.0 Å². The van der Waals surface area contributed by atoms with Gasteiger partial charge in [-0.2, -0.15) is 0 Å². The minimum Gasteiger partial charge on any atom is -0.300 e. The first-order chi connectivity index (χ1) is 6.35. The zero-order valence-electron chi connectivity index (χ0n) is 10.1. The van der Waals surface area contributed by atoms with Crippen LogP contribution in [0.15, 0.2) is 0 Å². The van der Waals surface area contributed by atoms with Crippen LogP contribution in [-0.2, 0) is 0 Å². The number of rotatable bonds is 2. The Bertz CT molecular complexity index is 185. The van der Waals surface area contributed by atoms with Gasteiger partial charge in [-0.05, 0) is 31.2 Å². The second kappa shape index (κ2) is 4.18. The first-order valence-electron chi connectivity index (χ1n) is 5.76. The molecule has 2 heteroatoms. The third-order valence-electron chi connectivity index (χ3n) is 2.94. The number of alkyl halides is 1. The Morgan fingerprint density at radius 2 is 2.00 bits per heavy atom. The van der Waals surface area contributed by atoms with Crippen LogP contribution < -0.4 is 0 Å². The van der Waals surface area contributed by atoms with E-state index < -0.39 is 5.67 Å². The summed E-state index contributed by atoms with van der Waals surface area (Å²) in [6, 6.07) is 0. The molecule has 0 aromatic rings. The number of nitrogens with zero attached hydrogens (tertiary/aromatic N) is 1. The van der Waals surface area contributed by atoms with Gasteiger partial charge in [-0.25, -0.2) is 4.39 Å². The molecule has 0 radical (unpaired) electrons. The molecular weight excluding hydrogens is 177 g/mol. The van der Waals surface area contributed by atoms with E-state index in [4.69, 9.17) is 0 Å². The number of likely N-dealkylation sites (tertiary alicyclic amines) is 1. The smallest absolute Gasteiger partial charge is 0.123 e. The second-order valence-electron chi connectivity index (χ2n) is 5.88. The Balaban J connectivity index is 2.48. The van der Waals surface area contributed by atoms with Gasteiger partial charge in [-0.15, -0.1) is 0 Å². The molecule has 1 saturated heterocycles. The summed E-state index contributed by atoms with van der Waals surface area (Å²) in [6.45, 7) is 11.3. The monoisotopic (exact) mass is 201 g/mol. The molecule has 0 N–H and O–H groups in total. The van der Waals surface area contributed by atoms with Gasteiger partial charge in [-0.1, -0.05) is 27.7 Å². The van der Waals surface area contributed by atoms with Gasteiger partial charge < -0.3 is 0 Å². The molecule has 1 fully saturated rings. The van der Waals surface area contributed by atoms with Crippen molar-refractivity contribution in [3.05, 3.63) is 0 Å². The molecule has 0 aliphatic carbocycles. The highest BCUT2D eigenvalue weighted by molar-refractivity contribution is 4.87. The molecule has 1 heterocycles. The van der Waals surface area contributed by atoms with Crippen molar-refractivity contribution in [2.24, 2.45) is 5.41 Å². The van der Waals surface area contributed by atoms with Gasteiger partial charge in [0, 0.05) is 13.1 Å². The van der Waals surface area contributed by atoms with Gasteiger partial charge in [0.1, 0.15) is 5.67 Å². The van der Waals surface area contributed by atoms with Gasteiger partial charge in [-0.3, -0.25) is 4.90 Å². The summed E-state index contributed by atoms with van der Waals surface area (Å²) in [4.78, 5) is 2.28. The predicted molar refractivity (Wildman–Crippen MR) is 59.3 cm³/mol. The van der Waals surface area contributed by atoms with Crippen molar-refractivity contribution in [2.75, 3.05) is 19.6 Å². The predicted octanol–water partition coefficient (Wildman–Crippen LogP) is 3.25. The minimum absolute atomic E-state index is 0.284. The number of hydrogen-bond donors (Lipinski definition) is 0. The topological polar surface area (TPSA) is 3.24 Å². The van der Waals surface area contributed by atoms with Crippen LogP contribution in [0.25, 0.3) is 0 Å². The molecule has 1 aliphatic heterocycles. The molecule has 1 rings (SSSR count). The lowest BCUT2D eigenvalue weighted by Gasteiger charge is -2.39. The molecule has 0 aromatic carbocycles. The third kappa shape index (κ3) is 3.56. The number of piperidine rings is 1. The molecule has 0 aromatic heterocycles. The van der Waals surface area contributed by atoms with Gasteiger partial charge >= 0.3 is 0 Å². The Morgan fingerprint density at radius 3 is 2.50 bits per heavy atom. The fourth-order valence-electron chi connectivity index (χ4n) is 2.27. The lowest BCUT2D eigenvalue weighted by Crippen LogP contribution is -2.47. The summed E-state index contributed by atoms with van der Waals surface area (Å²) < 4.78 is 14.1. The van der Waals surface area contributed by atoms with E-state index in [2.05, 4.69) is 25.7 Å². The van der Waals surface area contributed by atoms with Crippen molar-refractivity contribution < 1.29 is 4.39 Å². The van der Waals surface area contributed by atoms with Crippen LogP contribution in [0.5, 0.6) is 0 Å². The maximum absolute atomic E-state index is 14.1. The average Bonchev–Trinajstić information content (AvgIpc) is 2.01. The van der Waals surface area contributed by atoms with Gasteiger partial charge in [0.2, 0.25) is 0 Å². The standard InChI is InChI=1S/C12H24FN/c1-5-12(13)7-6-8-14(10-12)9-11(2,3)4/h5-10H2,1-4H3/t12-/m1/s1. The van der Waals surface area contributed by atoms with E-state index in [1.54, 1.807) is 0 Å². The highest BCUT2D eigenvalue weighted by Gasteiger charge is 2.34. The van der Waals surface area contributed by atoms with E-state index in [1.165, 1.54) is 0 Å². The first-order valence-corrected chi connectivity index (χ1v) is 5.76. The van der Waals surface area contributed by atoms with Crippen molar-refractivity contribution in [1.82, 2.24) is 4.90 Å². The average molecular weight is 201 g/mol. The molecule has 1 atom stereocenters. The molecule has 1 aliphatic rings. The molecule has 0 saturated carbocycles. The normalized spacial score (nSPS) is 30.6. The van der Waals surface area contributed by atoms with Crippen LogP contribution in [0.1, 0.15) is 47.0 Å². The van der Waals surface area contributed by atoms with E-state index >= 15 is 0 Å². The molecule has 0 bridgehead atoms. The Morgan fingerprint density at radius 1 is 1.36 bits per heavy atom. The largest absolute Gasteiger partial charge is 0.300 e. The zero-order chi connectivity index (χ0) is 10.8. The molecule has 0 amide bonds. The van der Waals surface area contributed by atoms with Crippen LogP contribution in [0.2, 0.25) is 0 Å². The van der Waals surface area contributed by atoms with Gasteiger partial charge in [0.15, 0.2) is 0 Å². The van der Waals surface area contributed by atoms with E-state index in [0.717, 1.165) is 25.9 Å². The quantitative estimate of drug-likeness (QED) is 0.663. The van der Waals surface area contributed by atoms with Crippen molar-refractivity contribution in [1.29, 1.82) is 0 Å². The summed E-state index contributed by atoms with van der Waals surface area (Å²) in [7, 11) is 0. The molecule has 1 nitrogen and oxygen atoms in total. The molecule has 14 heavy (non-hydrogen) atoms. The summed E-state index contributed by atoms with van der Waals surface area (Å²) in [5.41, 5.74) is -0.629. The maximum Gasteiger partial charge on any atom is 0.123 e. The molecule has 84 valence electrons. The molecule has 0 unspecified atom stereocenters. The van der Waals surface area contributed by atoms with E-state index in [1.807, 2.05) is 6.92 Å². The van der Waals surface area contributed by atoms with Crippen LogP contribution in [-0.4, -0.2) is 30.2 Å². The molecule has 0 spiro atoms. The lowest BCUT2D eigenvalue weighted by atomic mass is 9.89. The summed E-state index contributed by atoms with van der Waals surface area (Å²) in [5, 5.41) is 0. The van der Waals surface area contributed by atoms with Crippen molar-refractivity contribution in [3.63, 3.8) is 0 Å². The van der Waals surface area contributed by atoms with Crippen molar-refractivity contribution >= 4 is 0 Å². The zero-order valence-corrected chi connectivity index (χ0v) is 10.1. The third-order valence-corrected chi connectivity index (χ3v) is 2.94. The number of halogens is 1. The lowest BCUT2D eigenvalue weighted by molar-refractivity contribution is 0.0269. The highest BCUT2D eigenvalue weighted by atomic mass is 19.1. The first kappa shape index (κ1) is 12.0. The van der Waals surface area contributed by atoms with Crippen LogP contribution in [0.4, 0.5) is 4.39 Å². The fraction of sp³-hybridized carbons (Fsp3) is 1.00. The summed E-state index contributed by atoms with van der Waals surface area (Å²) in [5.74, 6) is 0. The Kier molecular flexibility index (Phi) is 3.57. The van der Waals surface area contributed by atoms with Crippen molar-refractivity contribution in [2.45, 2.75) is 52.6 Å². The van der Waals surface area contributed by atoms with Crippen molar-refractivity contribution in [3.8, 4) is 0 Å². The maximum atomic E-state index is 14.1. The van der Waals surface area contributed by atoms with E-state index in [9.17, 15) is 4.39 Å².